The summed E-state index contributed by atoms with van der Waals surface area (Å²) in [6.07, 6.45) is 8.27. The molecule has 4 nitrogen and oxygen atoms in total. The van der Waals surface area contributed by atoms with Crippen molar-refractivity contribution in [2.24, 2.45) is 5.92 Å². The maximum Gasteiger partial charge on any atom is 0.0897 e. The van der Waals surface area contributed by atoms with Gasteiger partial charge in [-0.15, -0.1) is 0 Å². The lowest BCUT2D eigenvalue weighted by Crippen LogP contribution is -2.35. The third-order valence-corrected chi connectivity index (χ3v) is 4.24. The van der Waals surface area contributed by atoms with Crippen LogP contribution in [0.5, 0.6) is 0 Å². The lowest BCUT2D eigenvalue weighted by atomic mass is 9.85. The Morgan fingerprint density at radius 2 is 2.00 bits per heavy atom. The highest BCUT2D eigenvalue weighted by atomic mass is 16.5. The molecule has 0 aromatic heterocycles. The summed E-state index contributed by atoms with van der Waals surface area (Å²) in [7, 11) is 0. The zero-order valence-electron chi connectivity index (χ0n) is 14.0. The van der Waals surface area contributed by atoms with Gasteiger partial charge in [-0.1, -0.05) is 33.1 Å². The molecule has 1 rings (SSSR count). The number of rotatable bonds is 12. The Morgan fingerprint density at radius 3 is 2.76 bits per heavy atom. The smallest absolute Gasteiger partial charge is 0.0897 e. The molecule has 1 fully saturated rings. The molecule has 0 aliphatic heterocycles. The molecule has 1 aliphatic carbocycles. The maximum atomic E-state index is 9.96. The first kappa shape index (κ1) is 18.9. The van der Waals surface area contributed by atoms with Crippen LogP contribution < -0.4 is 5.32 Å². The van der Waals surface area contributed by atoms with Crippen molar-refractivity contribution in [1.29, 1.82) is 0 Å². The molecule has 0 radical (unpaired) electrons. The summed E-state index contributed by atoms with van der Waals surface area (Å²) >= 11 is 0. The summed E-state index contributed by atoms with van der Waals surface area (Å²) in [6, 6.07) is 0. The van der Waals surface area contributed by atoms with Gasteiger partial charge in [0.2, 0.25) is 0 Å². The van der Waals surface area contributed by atoms with Crippen molar-refractivity contribution in [2.45, 2.75) is 71.0 Å². The van der Waals surface area contributed by atoms with E-state index in [2.05, 4.69) is 19.2 Å². The molecule has 1 aliphatic rings. The average Bonchev–Trinajstić information content (AvgIpc) is 2.52. The fourth-order valence-corrected chi connectivity index (χ4v) is 2.97. The van der Waals surface area contributed by atoms with Crippen molar-refractivity contribution in [1.82, 2.24) is 5.32 Å². The number of aliphatic hydroxyl groups is 1. The van der Waals surface area contributed by atoms with Gasteiger partial charge in [0, 0.05) is 19.8 Å². The number of aliphatic hydroxyl groups excluding tert-OH is 1. The van der Waals surface area contributed by atoms with E-state index in [1.165, 1.54) is 25.7 Å². The maximum absolute atomic E-state index is 9.96. The quantitative estimate of drug-likeness (QED) is 0.544. The van der Waals surface area contributed by atoms with Crippen LogP contribution in [0.4, 0.5) is 0 Å². The summed E-state index contributed by atoms with van der Waals surface area (Å²) in [4.78, 5) is 0. The van der Waals surface area contributed by atoms with Gasteiger partial charge in [0.05, 0.1) is 18.8 Å². The molecule has 0 heterocycles. The Morgan fingerprint density at radius 1 is 1.19 bits per heavy atom. The van der Waals surface area contributed by atoms with Crippen LogP contribution in [0, 0.1) is 5.92 Å². The van der Waals surface area contributed by atoms with Gasteiger partial charge < -0.3 is 19.9 Å². The van der Waals surface area contributed by atoms with Crippen LogP contribution >= 0.6 is 0 Å². The van der Waals surface area contributed by atoms with Gasteiger partial charge in [-0.05, 0) is 38.1 Å². The lowest BCUT2D eigenvalue weighted by Gasteiger charge is -2.31. The molecule has 126 valence electrons. The van der Waals surface area contributed by atoms with Crippen molar-refractivity contribution < 1.29 is 14.6 Å². The van der Waals surface area contributed by atoms with Gasteiger partial charge in [0.15, 0.2) is 0 Å². The molecule has 3 unspecified atom stereocenters. The Hall–Kier alpha value is -0.160. The van der Waals surface area contributed by atoms with E-state index in [1.807, 2.05) is 0 Å². The summed E-state index contributed by atoms with van der Waals surface area (Å²) in [6.45, 7) is 7.96. The predicted molar refractivity (Wildman–Crippen MR) is 86.6 cm³/mol. The Kier molecular flexibility index (Phi) is 11.1. The molecule has 0 bridgehead atoms. The zero-order chi connectivity index (χ0) is 15.3. The first-order chi connectivity index (χ1) is 10.3. The number of nitrogens with one attached hydrogen (secondary N) is 1. The number of hydrogen-bond acceptors (Lipinski definition) is 4. The SMILES string of the molecule is CCCOCCCNCC(O)COC1CCCCC1CC. The fraction of sp³-hybridized carbons (Fsp3) is 1.00. The normalized spacial score (nSPS) is 24.1. The molecule has 0 saturated heterocycles. The number of hydrogen-bond donors (Lipinski definition) is 2. The summed E-state index contributed by atoms with van der Waals surface area (Å²) in [5.41, 5.74) is 0. The van der Waals surface area contributed by atoms with E-state index < -0.39 is 6.10 Å². The first-order valence-electron chi connectivity index (χ1n) is 8.86. The van der Waals surface area contributed by atoms with E-state index in [1.54, 1.807) is 0 Å². The summed E-state index contributed by atoms with van der Waals surface area (Å²) < 4.78 is 11.4. The van der Waals surface area contributed by atoms with Crippen LogP contribution in [0.3, 0.4) is 0 Å². The van der Waals surface area contributed by atoms with Crippen LogP contribution in [0.1, 0.15) is 58.8 Å². The average molecular weight is 301 g/mol. The highest BCUT2D eigenvalue weighted by Crippen LogP contribution is 2.29. The molecule has 2 N–H and O–H groups in total. The molecular formula is C17H35NO3. The van der Waals surface area contributed by atoms with Crippen LogP contribution in [0.25, 0.3) is 0 Å². The topological polar surface area (TPSA) is 50.7 Å². The minimum absolute atomic E-state index is 0.362. The van der Waals surface area contributed by atoms with E-state index in [-0.39, 0.29) is 0 Å². The van der Waals surface area contributed by atoms with E-state index >= 15 is 0 Å². The standard InChI is InChI=1S/C17H35NO3/c1-3-11-20-12-7-10-18-13-16(19)14-21-17-9-6-5-8-15(17)4-2/h15-19H,3-14H2,1-2H3. The molecule has 4 heteroatoms. The second kappa shape index (κ2) is 12.4. The van der Waals surface area contributed by atoms with E-state index in [0.717, 1.165) is 39.0 Å². The molecule has 3 atom stereocenters. The fourth-order valence-electron chi connectivity index (χ4n) is 2.97. The molecular weight excluding hydrogens is 266 g/mol. The van der Waals surface area contributed by atoms with Gasteiger partial charge in [-0.2, -0.15) is 0 Å². The van der Waals surface area contributed by atoms with Crippen LogP contribution in [-0.4, -0.2) is 50.2 Å². The Bertz CT molecular complexity index is 238. The van der Waals surface area contributed by atoms with E-state index in [4.69, 9.17) is 9.47 Å². The molecule has 0 amide bonds. The van der Waals surface area contributed by atoms with Gasteiger partial charge in [0.1, 0.15) is 0 Å². The Labute approximate surface area is 130 Å². The van der Waals surface area contributed by atoms with Gasteiger partial charge >= 0.3 is 0 Å². The van der Waals surface area contributed by atoms with Crippen molar-refractivity contribution in [3.8, 4) is 0 Å². The summed E-state index contributed by atoms with van der Waals surface area (Å²) in [5, 5.41) is 13.2. The van der Waals surface area contributed by atoms with Crippen LogP contribution in [0.2, 0.25) is 0 Å². The second-order valence-corrected chi connectivity index (χ2v) is 6.15. The lowest BCUT2D eigenvalue weighted by molar-refractivity contribution is -0.0499. The zero-order valence-corrected chi connectivity index (χ0v) is 14.0. The van der Waals surface area contributed by atoms with Gasteiger partial charge in [-0.3, -0.25) is 0 Å². The second-order valence-electron chi connectivity index (χ2n) is 6.15. The van der Waals surface area contributed by atoms with Crippen molar-refractivity contribution >= 4 is 0 Å². The highest BCUT2D eigenvalue weighted by molar-refractivity contribution is 4.75. The van der Waals surface area contributed by atoms with Crippen molar-refractivity contribution in [2.75, 3.05) is 32.9 Å². The molecule has 21 heavy (non-hydrogen) atoms. The van der Waals surface area contributed by atoms with Crippen molar-refractivity contribution in [3.63, 3.8) is 0 Å². The minimum Gasteiger partial charge on any atom is -0.389 e. The van der Waals surface area contributed by atoms with E-state index in [9.17, 15) is 5.11 Å². The van der Waals surface area contributed by atoms with E-state index in [0.29, 0.717) is 25.2 Å². The highest BCUT2D eigenvalue weighted by Gasteiger charge is 2.24. The number of ether oxygens (including phenoxy) is 2. The molecule has 0 spiro atoms. The Balaban J connectivity index is 1.99. The van der Waals surface area contributed by atoms with Crippen LogP contribution in [0.15, 0.2) is 0 Å². The third-order valence-electron chi connectivity index (χ3n) is 4.24. The minimum atomic E-state index is -0.402. The van der Waals surface area contributed by atoms with Crippen LogP contribution in [-0.2, 0) is 9.47 Å². The van der Waals surface area contributed by atoms with Gasteiger partial charge in [0.25, 0.3) is 0 Å². The van der Waals surface area contributed by atoms with Gasteiger partial charge in [-0.25, -0.2) is 0 Å². The monoisotopic (exact) mass is 301 g/mol. The molecule has 0 aromatic rings. The molecule has 0 aromatic carbocycles. The molecule has 1 saturated carbocycles. The first-order valence-corrected chi connectivity index (χ1v) is 8.86. The largest absolute Gasteiger partial charge is 0.389 e. The third kappa shape index (κ3) is 8.77. The van der Waals surface area contributed by atoms with Crippen molar-refractivity contribution in [3.05, 3.63) is 0 Å². The summed E-state index contributed by atoms with van der Waals surface area (Å²) in [5.74, 6) is 0.689. The predicted octanol–water partition coefficient (Wildman–Crippen LogP) is 2.74.